The summed E-state index contributed by atoms with van der Waals surface area (Å²) in [7, 11) is 0. The molecule has 0 aliphatic carbocycles. The number of hydrogen-bond acceptors (Lipinski definition) is 3. The van der Waals surface area contributed by atoms with Gasteiger partial charge in [0.1, 0.15) is 12.1 Å². The van der Waals surface area contributed by atoms with E-state index in [-0.39, 0.29) is 12.4 Å². The van der Waals surface area contributed by atoms with E-state index in [9.17, 15) is 0 Å². The Bertz CT molecular complexity index is 498. The van der Waals surface area contributed by atoms with E-state index in [4.69, 9.17) is 11.0 Å². The lowest BCUT2D eigenvalue weighted by molar-refractivity contribution is 1.06. The topological polar surface area (TPSA) is 67.6 Å². The molecule has 4 nitrogen and oxygen atoms in total. The maximum Gasteiger partial charge on any atom is 0.141 e. The quantitative estimate of drug-likeness (QED) is 0.796. The molecule has 76 valence electrons. The fourth-order valence-electron chi connectivity index (χ4n) is 1.22. The molecule has 0 aliphatic rings. The summed E-state index contributed by atoms with van der Waals surface area (Å²) in [5.41, 5.74) is 6.99. The summed E-state index contributed by atoms with van der Waals surface area (Å²) < 4.78 is 1.77. The number of aromatic nitrogens is 2. The molecule has 0 spiro atoms. The summed E-state index contributed by atoms with van der Waals surface area (Å²) in [6.45, 7) is 0. The molecule has 0 unspecified atom stereocenters. The zero-order valence-corrected chi connectivity index (χ0v) is 8.61. The molecule has 5 heteroatoms. The minimum absolute atomic E-state index is 0. The second kappa shape index (κ2) is 4.49. The molecule has 0 radical (unpaired) electrons. The van der Waals surface area contributed by atoms with Crippen LogP contribution in [0, 0.1) is 11.3 Å². The Kier molecular flexibility index (Phi) is 3.32. The Balaban J connectivity index is 0.00000112. The van der Waals surface area contributed by atoms with Gasteiger partial charge in [0.05, 0.1) is 17.8 Å². The standard InChI is InChI=1S/C10H8N4.ClH/c11-5-8-2-1-3-9(4-8)14-6-10(12)13-7-14;/h1-4,6-7H,12H2;1H. The molecule has 0 aliphatic heterocycles. The Labute approximate surface area is 93.4 Å². The van der Waals surface area contributed by atoms with Crippen molar-refractivity contribution >= 4 is 18.2 Å². The van der Waals surface area contributed by atoms with E-state index in [2.05, 4.69) is 11.1 Å². The predicted octanol–water partition coefficient (Wildman–Crippen LogP) is 1.75. The molecule has 0 bridgehead atoms. The number of rotatable bonds is 1. The summed E-state index contributed by atoms with van der Waals surface area (Å²) >= 11 is 0. The van der Waals surface area contributed by atoms with Crippen molar-refractivity contribution in [2.45, 2.75) is 0 Å². The van der Waals surface area contributed by atoms with Gasteiger partial charge in [0.15, 0.2) is 0 Å². The maximum atomic E-state index is 8.71. The molecule has 1 aromatic carbocycles. The zero-order valence-electron chi connectivity index (χ0n) is 7.79. The summed E-state index contributed by atoms with van der Waals surface area (Å²) in [5.74, 6) is 0.465. The smallest absolute Gasteiger partial charge is 0.141 e. The van der Waals surface area contributed by atoms with Crippen molar-refractivity contribution in [2.24, 2.45) is 0 Å². The molecular formula is C10H9ClN4. The van der Waals surface area contributed by atoms with Gasteiger partial charge in [0, 0.05) is 5.69 Å². The highest BCUT2D eigenvalue weighted by Gasteiger charge is 1.98. The van der Waals surface area contributed by atoms with Crippen molar-refractivity contribution in [2.75, 3.05) is 5.73 Å². The van der Waals surface area contributed by atoms with Crippen molar-refractivity contribution in [3.8, 4) is 11.8 Å². The van der Waals surface area contributed by atoms with E-state index in [0.29, 0.717) is 11.4 Å². The molecule has 0 saturated heterocycles. The highest BCUT2D eigenvalue weighted by atomic mass is 35.5. The SMILES string of the molecule is Cl.N#Cc1cccc(-n2cnc(N)c2)c1. The number of benzene rings is 1. The summed E-state index contributed by atoms with van der Waals surface area (Å²) in [4.78, 5) is 3.91. The van der Waals surface area contributed by atoms with Gasteiger partial charge in [-0.2, -0.15) is 5.26 Å². The number of hydrogen-bond donors (Lipinski definition) is 1. The van der Waals surface area contributed by atoms with Crippen molar-refractivity contribution in [3.05, 3.63) is 42.4 Å². The van der Waals surface area contributed by atoms with Crippen LogP contribution in [0.4, 0.5) is 5.82 Å². The van der Waals surface area contributed by atoms with E-state index in [1.54, 1.807) is 29.2 Å². The predicted molar refractivity (Wildman–Crippen MR) is 59.9 cm³/mol. The average molecular weight is 221 g/mol. The zero-order chi connectivity index (χ0) is 9.97. The highest BCUT2D eigenvalue weighted by Crippen LogP contribution is 2.11. The number of imidazole rings is 1. The van der Waals surface area contributed by atoms with Crippen molar-refractivity contribution in [1.29, 1.82) is 5.26 Å². The Morgan fingerprint density at radius 2 is 2.20 bits per heavy atom. The van der Waals surface area contributed by atoms with Gasteiger partial charge < -0.3 is 10.3 Å². The van der Waals surface area contributed by atoms with Gasteiger partial charge in [-0.3, -0.25) is 0 Å². The molecule has 1 aromatic heterocycles. The van der Waals surface area contributed by atoms with Crippen LogP contribution in [0.1, 0.15) is 5.56 Å². The van der Waals surface area contributed by atoms with E-state index >= 15 is 0 Å². The number of nitrogens with two attached hydrogens (primary N) is 1. The van der Waals surface area contributed by atoms with Gasteiger partial charge in [0.2, 0.25) is 0 Å². The van der Waals surface area contributed by atoms with Crippen LogP contribution in [-0.2, 0) is 0 Å². The van der Waals surface area contributed by atoms with E-state index < -0.39 is 0 Å². The Morgan fingerprint density at radius 3 is 2.80 bits per heavy atom. The Hall–Kier alpha value is -1.99. The second-order valence-corrected chi connectivity index (χ2v) is 2.87. The van der Waals surface area contributed by atoms with Crippen LogP contribution in [0.3, 0.4) is 0 Å². The number of halogens is 1. The summed E-state index contributed by atoms with van der Waals surface area (Å²) in [6, 6.07) is 9.33. The van der Waals surface area contributed by atoms with Crippen molar-refractivity contribution in [1.82, 2.24) is 9.55 Å². The first kappa shape index (κ1) is 11.1. The fraction of sp³-hybridized carbons (Fsp3) is 0. The summed E-state index contributed by atoms with van der Waals surface area (Å²) in [5, 5.41) is 8.71. The van der Waals surface area contributed by atoms with E-state index in [1.165, 1.54) is 0 Å². The van der Waals surface area contributed by atoms with Crippen LogP contribution in [-0.4, -0.2) is 9.55 Å². The van der Waals surface area contributed by atoms with Gasteiger partial charge in [0.25, 0.3) is 0 Å². The highest BCUT2D eigenvalue weighted by molar-refractivity contribution is 5.85. The van der Waals surface area contributed by atoms with Crippen molar-refractivity contribution in [3.63, 3.8) is 0 Å². The molecule has 1 heterocycles. The lowest BCUT2D eigenvalue weighted by Gasteiger charge is -2.00. The molecule has 2 aromatic rings. The van der Waals surface area contributed by atoms with Crippen LogP contribution in [0.25, 0.3) is 5.69 Å². The van der Waals surface area contributed by atoms with E-state index in [0.717, 1.165) is 5.69 Å². The van der Waals surface area contributed by atoms with Crippen LogP contribution >= 0.6 is 12.4 Å². The third kappa shape index (κ3) is 2.27. The van der Waals surface area contributed by atoms with E-state index in [1.807, 2.05) is 12.1 Å². The number of nitriles is 1. The largest absolute Gasteiger partial charge is 0.382 e. The Morgan fingerprint density at radius 1 is 1.40 bits per heavy atom. The van der Waals surface area contributed by atoms with Crippen LogP contribution in [0.2, 0.25) is 0 Å². The minimum Gasteiger partial charge on any atom is -0.382 e. The normalized spacial score (nSPS) is 9.00. The maximum absolute atomic E-state index is 8.71. The monoisotopic (exact) mass is 220 g/mol. The molecular weight excluding hydrogens is 212 g/mol. The molecule has 0 atom stereocenters. The molecule has 2 N–H and O–H groups in total. The lowest BCUT2D eigenvalue weighted by atomic mass is 10.2. The van der Waals surface area contributed by atoms with Gasteiger partial charge >= 0.3 is 0 Å². The van der Waals surface area contributed by atoms with Crippen LogP contribution < -0.4 is 5.73 Å². The van der Waals surface area contributed by atoms with Crippen LogP contribution in [0.15, 0.2) is 36.8 Å². The van der Waals surface area contributed by atoms with Gasteiger partial charge in [-0.1, -0.05) is 6.07 Å². The van der Waals surface area contributed by atoms with Gasteiger partial charge in [-0.25, -0.2) is 4.98 Å². The number of anilines is 1. The first-order chi connectivity index (χ1) is 6.79. The molecule has 0 amide bonds. The second-order valence-electron chi connectivity index (χ2n) is 2.87. The lowest BCUT2D eigenvalue weighted by Crippen LogP contribution is -1.90. The third-order valence-corrected chi connectivity index (χ3v) is 1.88. The van der Waals surface area contributed by atoms with Crippen molar-refractivity contribution < 1.29 is 0 Å². The first-order valence-electron chi connectivity index (χ1n) is 4.09. The molecule has 15 heavy (non-hydrogen) atoms. The third-order valence-electron chi connectivity index (χ3n) is 1.88. The molecule has 2 rings (SSSR count). The van der Waals surface area contributed by atoms with Gasteiger partial charge in [-0.15, -0.1) is 12.4 Å². The number of nitrogen functional groups attached to an aromatic ring is 1. The molecule has 0 saturated carbocycles. The van der Waals surface area contributed by atoms with Gasteiger partial charge in [-0.05, 0) is 18.2 Å². The number of nitrogens with zero attached hydrogens (tertiary/aromatic N) is 3. The minimum atomic E-state index is 0. The molecule has 0 fully saturated rings. The first-order valence-corrected chi connectivity index (χ1v) is 4.09. The van der Waals surface area contributed by atoms with Crippen LogP contribution in [0.5, 0.6) is 0 Å². The fourth-order valence-corrected chi connectivity index (χ4v) is 1.22. The summed E-state index contributed by atoms with van der Waals surface area (Å²) in [6.07, 6.45) is 3.32. The average Bonchev–Trinajstić information content (AvgIpc) is 2.65.